The molecule has 0 fully saturated rings. The van der Waals surface area contributed by atoms with Gasteiger partial charge in [0.2, 0.25) is 0 Å². The zero-order valence-electron chi connectivity index (χ0n) is 15.1. The molecule has 0 saturated heterocycles. The molecule has 1 aromatic heterocycles. The van der Waals surface area contributed by atoms with E-state index in [2.05, 4.69) is 76.3 Å². The van der Waals surface area contributed by atoms with Gasteiger partial charge in [0.15, 0.2) is 0 Å². The molecule has 126 valence electrons. The van der Waals surface area contributed by atoms with Gasteiger partial charge in [-0.05, 0) is 21.9 Å². The Balaban J connectivity index is 2.12. The van der Waals surface area contributed by atoms with Crippen LogP contribution in [0.2, 0.25) is 18.1 Å². The van der Waals surface area contributed by atoms with E-state index in [1.807, 2.05) is 0 Å². The van der Waals surface area contributed by atoms with Gasteiger partial charge in [-0.2, -0.15) is 0 Å². The molecule has 0 amide bonds. The summed E-state index contributed by atoms with van der Waals surface area (Å²) in [5, 5.41) is 13.6. The molecule has 0 aliphatic rings. The number of aliphatic hydroxyl groups excluding tert-OH is 1. The number of nitrogens with zero attached hydrogens (tertiary/aromatic N) is 1. The second-order valence-electron chi connectivity index (χ2n) is 7.89. The predicted molar refractivity (Wildman–Crippen MR) is 108 cm³/mol. The van der Waals surface area contributed by atoms with Gasteiger partial charge >= 0.3 is 0 Å². The van der Waals surface area contributed by atoms with Gasteiger partial charge in [-0.15, -0.1) is 11.3 Å². The molecule has 3 aromatic rings. The molecule has 1 N–H and O–H groups in total. The van der Waals surface area contributed by atoms with E-state index in [0.717, 1.165) is 16.3 Å². The van der Waals surface area contributed by atoms with Crippen molar-refractivity contribution in [1.82, 2.24) is 4.98 Å². The average molecular weight is 356 g/mol. The summed E-state index contributed by atoms with van der Waals surface area (Å²) in [6, 6.07) is 14.9. The first-order valence-corrected chi connectivity index (χ1v) is 12.2. The fourth-order valence-corrected chi connectivity index (χ4v) is 7.32. The molecule has 4 heteroatoms. The van der Waals surface area contributed by atoms with E-state index in [-0.39, 0.29) is 11.6 Å². The molecule has 0 radical (unpaired) electrons. The van der Waals surface area contributed by atoms with Crippen molar-refractivity contribution < 1.29 is 5.11 Å². The number of aromatic nitrogens is 1. The molecule has 0 aliphatic carbocycles. The van der Waals surface area contributed by atoms with Crippen molar-refractivity contribution in [2.75, 3.05) is 0 Å². The number of benzene rings is 2. The highest BCUT2D eigenvalue weighted by Gasteiger charge is 2.40. The van der Waals surface area contributed by atoms with E-state index in [1.165, 1.54) is 15.3 Å². The molecule has 1 heterocycles. The number of aliphatic hydroxyl groups is 1. The molecule has 0 bridgehead atoms. The van der Waals surface area contributed by atoms with Crippen LogP contribution in [0.25, 0.3) is 21.3 Å². The van der Waals surface area contributed by atoms with Gasteiger partial charge in [0, 0.05) is 10.1 Å². The van der Waals surface area contributed by atoms with Crippen molar-refractivity contribution in [3.05, 3.63) is 48.2 Å². The van der Waals surface area contributed by atoms with Crippen LogP contribution in [0, 0.1) is 0 Å². The largest absolute Gasteiger partial charge is 0.390 e. The van der Waals surface area contributed by atoms with E-state index < -0.39 is 8.07 Å². The van der Waals surface area contributed by atoms with Crippen LogP contribution in [-0.2, 0) is 6.61 Å². The normalized spacial score (nSPS) is 12.8. The van der Waals surface area contributed by atoms with Crippen molar-refractivity contribution in [2.45, 2.75) is 45.5 Å². The minimum atomic E-state index is -1.72. The first kappa shape index (κ1) is 17.3. The Morgan fingerprint density at radius 1 is 1.04 bits per heavy atom. The molecule has 3 rings (SSSR count). The highest BCUT2D eigenvalue weighted by molar-refractivity contribution is 7.29. The summed E-state index contributed by atoms with van der Waals surface area (Å²) in [6.45, 7) is 11.7. The summed E-state index contributed by atoms with van der Waals surface area (Å²) < 4.78 is 1.32. The third-order valence-electron chi connectivity index (χ3n) is 5.29. The highest BCUT2D eigenvalue weighted by Crippen LogP contribution is 2.38. The Morgan fingerprint density at radius 2 is 1.71 bits per heavy atom. The smallest absolute Gasteiger partial charge is 0.123 e. The Hall–Kier alpha value is -1.49. The SMILES string of the molecule is CC(C)(C)[Si](C)(C)c1sc(-c2ccc3ccccc3c2)nc1CO. The lowest BCUT2D eigenvalue weighted by Crippen LogP contribution is -2.49. The zero-order chi connectivity index (χ0) is 17.5. The number of rotatable bonds is 3. The Kier molecular flexibility index (Phi) is 4.41. The molecular weight excluding hydrogens is 330 g/mol. The maximum Gasteiger partial charge on any atom is 0.123 e. The van der Waals surface area contributed by atoms with Gasteiger partial charge in [-0.1, -0.05) is 70.3 Å². The van der Waals surface area contributed by atoms with Crippen molar-refractivity contribution in [1.29, 1.82) is 0 Å². The van der Waals surface area contributed by atoms with Gasteiger partial charge in [-0.25, -0.2) is 4.98 Å². The van der Waals surface area contributed by atoms with Crippen LogP contribution in [0.15, 0.2) is 42.5 Å². The number of hydrogen-bond acceptors (Lipinski definition) is 3. The zero-order valence-corrected chi connectivity index (χ0v) is 16.9. The van der Waals surface area contributed by atoms with E-state index in [1.54, 1.807) is 11.3 Å². The molecule has 2 aromatic carbocycles. The minimum Gasteiger partial charge on any atom is -0.390 e. The van der Waals surface area contributed by atoms with Crippen LogP contribution in [0.1, 0.15) is 26.5 Å². The maximum atomic E-state index is 9.85. The third-order valence-corrected chi connectivity index (χ3v) is 13.3. The molecule has 0 atom stereocenters. The monoisotopic (exact) mass is 355 g/mol. The second-order valence-corrected chi connectivity index (χ2v) is 14.5. The van der Waals surface area contributed by atoms with Crippen LogP contribution in [0.3, 0.4) is 0 Å². The Morgan fingerprint density at radius 3 is 2.33 bits per heavy atom. The van der Waals surface area contributed by atoms with Gasteiger partial charge in [0.1, 0.15) is 13.1 Å². The Bertz CT molecular complexity index is 877. The van der Waals surface area contributed by atoms with Crippen molar-refractivity contribution in [2.24, 2.45) is 0 Å². The number of hydrogen-bond donors (Lipinski definition) is 1. The summed E-state index contributed by atoms with van der Waals surface area (Å²) in [6.07, 6.45) is 0. The van der Waals surface area contributed by atoms with E-state index in [9.17, 15) is 5.11 Å². The number of fused-ring (bicyclic) bond motifs is 1. The van der Waals surface area contributed by atoms with Gasteiger partial charge < -0.3 is 5.11 Å². The first-order chi connectivity index (χ1) is 11.2. The fourth-order valence-electron chi connectivity index (χ4n) is 2.73. The van der Waals surface area contributed by atoms with Gasteiger partial charge in [0.05, 0.1) is 12.3 Å². The Labute approximate surface area is 149 Å². The summed E-state index contributed by atoms with van der Waals surface area (Å²) in [7, 11) is -1.72. The van der Waals surface area contributed by atoms with Crippen LogP contribution in [-0.4, -0.2) is 18.2 Å². The van der Waals surface area contributed by atoms with E-state index in [4.69, 9.17) is 4.98 Å². The van der Waals surface area contributed by atoms with Crippen molar-refractivity contribution >= 4 is 34.7 Å². The maximum absolute atomic E-state index is 9.85. The average Bonchev–Trinajstić information content (AvgIpc) is 2.98. The molecule has 0 spiro atoms. The minimum absolute atomic E-state index is 0.0198. The lowest BCUT2D eigenvalue weighted by Gasteiger charge is -2.36. The number of thiazole rings is 1. The summed E-state index contributed by atoms with van der Waals surface area (Å²) >= 11 is 1.77. The molecule has 24 heavy (non-hydrogen) atoms. The summed E-state index contributed by atoms with van der Waals surface area (Å²) in [5.74, 6) is 0. The van der Waals surface area contributed by atoms with Crippen LogP contribution >= 0.6 is 11.3 Å². The second kappa shape index (κ2) is 6.10. The molecule has 0 unspecified atom stereocenters. The van der Waals surface area contributed by atoms with Crippen molar-refractivity contribution in [3.8, 4) is 10.6 Å². The van der Waals surface area contributed by atoms with Crippen LogP contribution in [0.5, 0.6) is 0 Å². The van der Waals surface area contributed by atoms with E-state index >= 15 is 0 Å². The standard InChI is InChI=1S/C20H25NOSSi/c1-20(2,3)24(4,5)19-17(13-22)21-18(23-19)16-11-10-14-8-6-7-9-15(14)12-16/h6-12,22H,13H2,1-5H3. The lowest BCUT2D eigenvalue weighted by atomic mass is 10.1. The molecule has 0 aliphatic heterocycles. The van der Waals surface area contributed by atoms with Crippen molar-refractivity contribution in [3.63, 3.8) is 0 Å². The first-order valence-electron chi connectivity index (χ1n) is 8.34. The van der Waals surface area contributed by atoms with E-state index in [0.29, 0.717) is 0 Å². The predicted octanol–water partition coefficient (Wildman–Crippen LogP) is 5.17. The van der Waals surface area contributed by atoms with Gasteiger partial charge in [-0.3, -0.25) is 0 Å². The molecule has 2 nitrogen and oxygen atoms in total. The summed E-state index contributed by atoms with van der Waals surface area (Å²) in [5.41, 5.74) is 2.01. The fraction of sp³-hybridized carbons (Fsp3) is 0.350. The highest BCUT2D eigenvalue weighted by atomic mass is 32.1. The quantitative estimate of drug-likeness (QED) is 0.657. The molecular formula is C20H25NOSSi. The van der Waals surface area contributed by atoms with Crippen LogP contribution in [0.4, 0.5) is 0 Å². The summed E-state index contributed by atoms with van der Waals surface area (Å²) in [4.78, 5) is 4.79. The lowest BCUT2D eigenvalue weighted by molar-refractivity contribution is 0.278. The topological polar surface area (TPSA) is 33.1 Å². The third kappa shape index (κ3) is 2.94. The van der Waals surface area contributed by atoms with Crippen LogP contribution < -0.4 is 4.50 Å². The van der Waals surface area contributed by atoms with Gasteiger partial charge in [0.25, 0.3) is 0 Å². The molecule has 0 saturated carbocycles.